The zero-order chi connectivity index (χ0) is 13.0. The fourth-order valence-corrected chi connectivity index (χ4v) is 2.30. The molecule has 0 radical (unpaired) electrons. The fourth-order valence-electron chi connectivity index (χ4n) is 2.30. The van der Waals surface area contributed by atoms with Crippen molar-refractivity contribution in [2.75, 3.05) is 6.61 Å². The maximum absolute atomic E-state index is 9.08. The van der Waals surface area contributed by atoms with Crippen molar-refractivity contribution in [2.45, 2.75) is 25.4 Å². The first-order valence-corrected chi connectivity index (χ1v) is 6.28. The average Bonchev–Trinajstić information content (AvgIpc) is 2.86. The smallest absolute Gasteiger partial charge is 0.0991 e. The number of aliphatic hydroxyl groups excluding tert-OH is 1. The molecule has 94 valence electrons. The van der Waals surface area contributed by atoms with Crippen LogP contribution < -0.4 is 5.32 Å². The number of hydrogen-bond acceptors (Lipinski definition) is 3. The summed E-state index contributed by atoms with van der Waals surface area (Å²) in [7, 11) is 0. The van der Waals surface area contributed by atoms with Crippen LogP contribution in [0.2, 0.25) is 0 Å². The van der Waals surface area contributed by atoms with Crippen LogP contribution in [0.5, 0.6) is 0 Å². The van der Waals surface area contributed by atoms with E-state index in [9.17, 15) is 0 Å². The second-order valence-electron chi connectivity index (χ2n) is 4.79. The topological polar surface area (TPSA) is 56.0 Å². The maximum atomic E-state index is 9.08. The summed E-state index contributed by atoms with van der Waals surface area (Å²) < 4.78 is 0. The Hall–Kier alpha value is -1.63. The van der Waals surface area contributed by atoms with Crippen LogP contribution in [0.1, 0.15) is 30.5 Å². The third-order valence-electron chi connectivity index (χ3n) is 3.41. The summed E-state index contributed by atoms with van der Waals surface area (Å²) in [4.78, 5) is 0. The lowest BCUT2D eigenvalue weighted by molar-refractivity contribution is 0.245. The summed E-state index contributed by atoms with van der Waals surface area (Å²) in [6.07, 6.45) is 5.15. The fraction of sp³-hybridized carbons (Fsp3) is 0.400. The first kappa shape index (κ1) is 12.8. The molecule has 3 heteroatoms. The Labute approximate surface area is 108 Å². The van der Waals surface area contributed by atoms with E-state index in [1.807, 2.05) is 24.3 Å². The van der Waals surface area contributed by atoms with Gasteiger partial charge in [-0.25, -0.2) is 0 Å². The number of nitrogens with zero attached hydrogens (tertiary/aromatic N) is 1. The van der Waals surface area contributed by atoms with Gasteiger partial charge in [0.15, 0.2) is 0 Å². The second kappa shape index (κ2) is 5.81. The molecule has 1 aliphatic rings. The second-order valence-corrected chi connectivity index (χ2v) is 4.79. The molecule has 0 bridgehead atoms. The number of nitriles is 1. The van der Waals surface area contributed by atoms with Crippen molar-refractivity contribution in [1.29, 1.82) is 5.26 Å². The molecule has 0 aliphatic heterocycles. The van der Waals surface area contributed by atoms with Gasteiger partial charge in [0.25, 0.3) is 0 Å². The Kier molecular flexibility index (Phi) is 4.14. The van der Waals surface area contributed by atoms with Crippen molar-refractivity contribution in [3.05, 3.63) is 47.5 Å². The predicted molar refractivity (Wildman–Crippen MR) is 70.8 cm³/mol. The molecule has 0 saturated carbocycles. The van der Waals surface area contributed by atoms with Crippen LogP contribution in [0.3, 0.4) is 0 Å². The Balaban J connectivity index is 1.94. The summed E-state index contributed by atoms with van der Waals surface area (Å²) in [5.74, 6) is 0.288. The quantitative estimate of drug-likeness (QED) is 0.795. The van der Waals surface area contributed by atoms with Crippen molar-refractivity contribution in [3.8, 4) is 6.07 Å². The largest absolute Gasteiger partial charge is 0.396 e. The first-order chi connectivity index (χ1) is 8.72. The highest BCUT2D eigenvalue weighted by atomic mass is 16.3. The minimum absolute atomic E-state index is 0.222. The Morgan fingerprint density at radius 3 is 2.67 bits per heavy atom. The molecule has 0 saturated heterocycles. The number of hydrogen-bond donors (Lipinski definition) is 2. The standard InChI is InChI=1S/C15H18N2O/c1-11(14-5-2-12(9-16)3-6-14)17-15-7-4-13(8-15)10-18/h2-7,11,13,15,17-18H,8,10H2,1H3/t11-,13+,15-/m1/s1. The van der Waals surface area contributed by atoms with Crippen LogP contribution in [0.15, 0.2) is 36.4 Å². The van der Waals surface area contributed by atoms with Crippen LogP contribution >= 0.6 is 0 Å². The minimum Gasteiger partial charge on any atom is -0.396 e. The summed E-state index contributed by atoms with van der Waals surface area (Å²) in [6.45, 7) is 2.33. The lowest BCUT2D eigenvalue weighted by atomic mass is 10.0. The van der Waals surface area contributed by atoms with E-state index in [0.717, 1.165) is 6.42 Å². The molecule has 18 heavy (non-hydrogen) atoms. The van der Waals surface area contributed by atoms with Crippen molar-refractivity contribution < 1.29 is 5.11 Å². The Morgan fingerprint density at radius 2 is 2.11 bits per heavy atom. The zero-order valence-corrected chi connectivity index (χ0v) is 10.5. The van der Waals surface area contributed by atoms with Gasteiger partial charge < -0.3 is 10.4 Å². The van der Waals surface area contributed by atoms with E-state index >= 15 is 0 Å². The lowest BCUT2D eigenvalue weighted by Crippen LogP contribution is -2.29. The van der Waals surface area contributed by atoms with Gasteiger partial charge in [-0.1, -0.05) is 24.3 Å². The lowest BCUT2D eigenvalue weighted by Gasteiger charge is -2.19. The molecule has 0 amide bonds. The molecule has 0 unspecified atom stereocenters. The predicted octanol–water partition coefficient (Wildman–Crippen LogP) is 2.15. The van der Waals surface area contributed by atoms with Gasteiger partial charge in [-0.05, 0) is 31.0 Å². The SMILES string of the molecule is C[C@@H](N[C@@H]1C=C[C@H](CO)C1)c1ccc(C#N)cc1. The van der Waals surface area contributed by atoms with Crippen LogP contribution in [-0.4, -0.2) is 17.8 Å². The van der Waals surface area contributed by atoms with Gasteiger partial charge in [0.05, 0.1) is 11.6 Å². The van der Waals surface area contributed by atoms with Crippen molar-refractivity contribution >= 4 is 0 Å². The van der Waals surface area contributed by atoms with Gasteiger partial charge in [0, 0.05) is 24.6 Å². The summed E-state index contributed by atoms with van der Waals surface area (Å²) in [6, 6.07) is 10.3. The molecule has 2 N–H and O–H groups in total. The van der Waals surface area contributed by atoms with E-state index in [0.29, 0.717) is 11.6 Å². The highest BCUT2D eigenvalue weighted by molar-refractivity contribution is 5.32. The average molecular weight is 242 g/mol. The molecule has 0 heterocycles. The summed E-state index contributed by atoms with van der Waals surface area (Å²) >= 11 is 0. The third-order valence-corrected chi connectivity index (χ3v) is 3.41. The van der Waals surface area contributed by atoms with E-state index < -0.39 is 0 Å². The van der Waals surface area contributed by atoms with E-state index in [4.69, 9.17) is 10.4 Å². The number of aliphatic hydroxyl groups is 1. The summed E-state index contributed by atoms with van der Waals surface area (Å²) in [5.41, 5.74) is 1.86. The van der Waals surface area contributed by atoms with Gasteiger partial charge in [-0.2, -0.15) is 5.26 Å². The number of benzene rings is 1. The van der Waals surface area contributed by atoms with E-state index in [1.165, 1.54) is 5.56 Å². The molecular weight excluding hydrogens is 224 g/mol. The normalized spacial score (nSPS) is 23.8. The molecular formula is C15H18N2O. The minimum atomic E-state index is 0.222. The molecule has 2 rings (SSSR count). The van der Waals surface area contributed by atoms with Crippen molar-refractivity contribution in [1.82, 2.24) is 5.32 Å². The molecule has 1 aliphatic carbocycles. The Bertz CT molecular complexity index is 458. The third kappa shape index (κ3) is 2.98. The number of rotatable bonds is 4. The van der Waals surface area contributed by atoms with Gasteiger partial charge in [-0.15, -0.1) is 0 Å². The van der Waals surface area contributed by atoms with E-state index in [1.54, 1.807) is 0 Å². The maximum Gasteiger partial charge on any atom is 0.0991 e. The van der Waals surface area contributed by atoms with E-state index in [-0.39, 0.29) is 18.6 Å². The van der Waals surface area contributed by atoms with Gasteiger partial charge in [0.2, 0.25) is 0 Å². The summed E-state index contributed by atoms with van der Waals surface area (Å²) in [5, 5.41) is 21.4. The van der Waals surface area contributed by atoms with Crippen LogP contribution in [-0.2, 0) is 0 Å². The van der Waals surface area contributed by atoms with Gasteiger partial charge in [-0.3, -0.25) is 0 Å². The monoisotopic (exact) mass is 242 g/mol. The van der Waals surface area contributed by atoms with Crippen LogP contribution in [0, 0.1) is 17.2 Å². The highest BCUT2D eigenvalue weighted by Gasteiger charge is 2.19. The molecule has 3 nitrogen and oxygen atoms in total. The zero-order valence-electron chi connectivity index (χ0n) is 10.5. The van der Waals surface area contributed by atoms with E-state index in [2.05, 4.69) is 30.5 Å². The highest BCUT2D eigenvalue weighted by Crippen LogP contribution is 2.21. The molecule has 1 aromatic carbocycles. The van der Waals surface area contributed by atoms with Gasteiger partial charge in [0.1, 0.15) is 0 Å². The van der Waals surface area contributed by atoms with Crippen LogP contribution in [0.25, 0.3) is 0 Å². The molecule has 3 atom stereocenters. The molecule has 0 fully saturated rings. The number of nitrogens with one attached hydrogen (secondary N) is 1. The first-order valence-electron chi connectivity index (χ1n) is 6.28. The molecule has 1 aromatic rings. The van der Waals surface area contributed by atoms with Crippen LogP contribution in [0.4, 0.5) is 0 Å². The van der Waals surface area contributed by atoms with Crippen molar-refractivity contribution in [3.63, 3.8) is 0 Å². The van der Waals surface area contributed by atoms with Gasteiger partial charge >= 0.3 is 0 Å². The van der Waals surface area contributed by atoms with Crippen molar-refractivity contribution in [2.24, 2.45) is 5.92 Å². The molecule has 0 aromatic heterocycles. The molecule has 0 spiro atoms. The Morgan fingerprint density at radius 1 is 1.39 bits per heavy atom.